The fourth-order valence-electron chi connectivity index (χ4n) is 2.11. The van der Waals surface area contributed by atoms with Crippen molar-refractivity contribution in [2.75, 3.05) is 6.54 Å². The summed E-state index contributed by atoms with van der Waals surface area (Å²) < 4.78 is 11.6. The van der Waals surface area contributed by atoms with Crippen LogP contribution < -0.4 is 5.32 Å². The van der Waals surface area contributed by atoms with Gasteiger partial charge in [0, 0.05) is 12.6 Å². The molecule has 10 nitrogen and oxygen atoms in total. The second kappa shape index (κ2) is 6.77. The third kappa shape index (κ3) is 3.32. The van der Waals surface area contributed by atoms with Gasteiger partial charge in [-0.25, -0.2) is 4.57 Å². The number of hydrogen-bond acceptors (Lipinski definition) is 7. The minimum Gasteiger partial charge on any atom is -0.461 e. The van der Waals surface area contributed by atoms with Gasteiger partial charge in [0.1, 0.15) is 12.4 Å². The molecule has 1 amide bonds. The smallest absolute Gasteiger partial charge is 0.434 e. The molecule has 24 heavy (non-hydrogen) atoms. The zero-order chi connectivity index (χ0) is 16.9. The highest BCUT2D eigenvalue weighted by molar-refractivity contribution is 5.92. The standard InChI is InChI=1S/C14H13N5O5/c20-13(10-9-12(24-17-10)11-3-1-8-23-11)15-4-2-6-18-7-5-16-14(18)19(21)22/h1,3,5,7-9H,2,4,6H2,(H,15,20). The molecular weight excluding hydrogens is 318 g/mol. The number of nitrogens with one attached hydrogen (secondary N) is 1. The van der Waals surface area contributed by atoms with Gasteiger partial charge >= 0.3 is 5.95 Å². The van der Waals surface area contributed by atoms with E-state index in [0.717, 1.165) is 0 Å². The van der Waals surface area contributed by atoms with Gasteiger partial charge in [-0.2, -0.15) is 0 Å². The lowest BCUT2D eigenvalue weighted by Crippen LogP contribution is -2.25. The van der Waals surface area contributed by atoms with Crippen LogP contribution in [0.4, 0.5) is 5.95 Å². The van der Waals surface area contributed by atoms with E-state index in [4.69, 9.17) is 8.94 Å². The Bertz CT molecular complexity index is 835. The maximum absolute atomic E-state index is 12.0. The number of carbonyl (C=O) groups is 1. The number of hydrogen-bond donors (Lipinski definition) is 1. The minimum atomic E-state index is -0.551. The normalized spacial score (nSPS) is 10.7. The molecule has 3 heterocycles. The zero-order valence-corrected chi connectivity index (χ0v) is 12.4. The van der Waals surface area contributed by atoms with Crippen molar-refractivity contribution in [1.82, 2.24) is 20.0 Å². The molecule has 0 radical (unpaired) electrons. The lowest BCUT2D eigenvalue weighted by atomic mass is 10.3. The van der Waals surface area contributed by atoms with Crippen LogP contribution in [0.2, 0.25) is 0 Å². The Balaban J connectivity index is 1.49. The molecule has 0 atom stereocenters. The largest absolute Gasteiger partial charge is 0.461 e. The molecular formula is C14H13N5O5. The molecule has 0 saturated heterocycles. The average Bonchev–Trinajstić information content (AvgIpc) is 3.31. The highest BCUT2D eigenvalue weighted by Crippen LogP contribution is 2.20. The van der Waals surface area contributed by atoms with Crippen LogP contribution in [-0.4, -0.2) is 32.1 Å². The summed E-state index contributed by atoms with van der Waals surface area (Å²) in [5, 5.41) is 17.1. The SMILES string of the molecule is O=C(NCCCn1ccnc1[N+](=O)[O-])c1cc(-c2ccco2)on1. The first kappa shape index (κ1) is 15.5. The summed E-state index contributed by atoms with van der Waals surface area (Å²) in [4.78, 5) is 25.8. The molecule has 3 rings (SSSR count). The second-order valence-corrected chi connectivity index (χ2v) is 4.84. The van der Waals surface area contributed by atoms with Crippen LogP contribution in [-0.2, 0) is 6.54 Å². The Morgan fingerprint density at radius 2 is 2.29 bits per heavy atom. The number of aryl methyl sites for hydroxylation is 1. The number of nitro groups is 1. The molecule has 0 aliphatic carbocycles. The molecule has 0 spiro atoms. The fourth-order valence-corrected chi connectivity index (χ4v) is 2.11. The van der Waals surface area contributed by atoms with E-state index in [9.17, 15) is 14.9 Å². The van der Waals surface area contributed by atoms with Gasteiger partial charge in [-0.3, -0.25) is 4.79 Å². The zero-order valence-electron chi connectivity index (χ0n) is 12.4. The highest BCUT2D eigenvalue weighted by Gasteiger charge is 2.16. The molecule has 3 aromatic rings. The van der Waals surface area contributed by atoms with Crippen LogP contribution in [0.5, 0.6) is 0 Å². The van der Waals surface area contributed by atoms with Crippen molar-refractivity contribution < 1.29 is 18.7 Å². The lowest BCUT2D eigenvalue weighted by molar-refractivity contribution is -0.396. The molecule has 0 saturated carbocycles. The van der Waals surface area contributed by atoms with E-state index >= 15 is 0 Å². The predicted molar refractivity (Wildman–Crippen MR) is 80.0 cm³/mol. The lowest BCUT2D eigenvalue weighted by Gasteiger charge is -2.03. The van der Waals surface area contributed by atoms with Crippen molar-refractivity contribution in [2.45, 2.75) is 13.0 Å². The van der Waals surface area contributed by atoms with E-state index in [1.165, 1.54) is 29.3 Å². The number of furan rings is 1. The molecule has 0 fully saturated rings. The third-order valence-electron chi connectivity index (χ3n) is 3.22. The summed E-state index contributed by atoms with van der Waals surface area (Å²) in [7, 11) is 0. The topological polar surface area (TPSA) is 129 Å². The van der Waals surface area contributed by atoms with Crippen LogP contribution >= 0.6 is 0 Å². The van der Waals surface area contributed by atoms with E-state index < -0.39 is 10.8 Å². The minimum absolute atomic E-state index is 0.134. The van der Waals surface area contributed by atoms with Gasteiger partial charge in [0.05, 0.1) is 12.8 Å². The van der Waals surface area contributed by atoms with Crippen LogP contribution in [0.3, 0.4) is 0 Å². The monoisotopic (exact) mass is 331 g/mol. The van der Waals surface area contributed by atoms with Crippen molar-refractivity contribution in [1.29, 1.82) is 0 Å². The number of amides is 1. The summed E-state index contributed by atoms with van der Waals surface area (Å²) in [6, 6.07) is 4.88. The van der Waals surface area contributed by atoms with E-state index in [-0.39, 0.29) is 11.6 Å². The van der Waals surface area contributed by atoms with Crippen LogP contribution in [0.25, 0.3) is 11.5 Å². The van der Waals surface area contributed by atoms with Crippen molar-refractivity contribution >= 4 is 11.9 Å². The van der Waals surface area contributed by atoms with Crippen LogP contribution in [0.15, 0.2) is 45.8 Å². The molecule has 1 N–H and O–H groups in total. The molecule has 0 bridgehead atoms. The Hall–Kier alpha value is -3.43. The molecule has 0 unspecified atom stereocenters. The first-order valence-electron chi connectivity index (χ1n) is 7.09. The van der Waals surface area contributed by atoms with Gasteiger partial charge in [0.2, 0.25) is 5.76 Å². The number of carbonyl (C=O) groups excluding carboxylic acids is 1. The van der Waals surface area contributed by atoms with Crippen molar-refractivity contribution in [3.8, 4) is 11.5 Å². The van der Waals surface area contributed by atoms with Crippen molar-refractivity contribution in [2.24, 2.45) is 0 Å². The van der Waals surface area contributed by atoms with Gasteiger partial charge in [0.25, 0.3) is 5.91 Å². The first-order valence-corrected chi connectivity index (χ1v) is 7.09. The maximum Gasteiger partial charge on any atom is 0.434 e. The number of nitrogens with zero attached hydrogens (tertiary/aromatic N) is 4. The van der Waals surface area contributed by atoms with Gasteiger partial charge in [-0.05, 0) is 23.5 Å². The van der Waals surface area contributed by atoms with E-state index in [1.54, 1.807) is 12.1 Å². The summed E-state index contributed by atoms with van der Waals surface area (Å²) in [5.41, 5.74) is 0.134. The van der Waals surface area contributed by atoms with E-state index in [0.29, 0.717) is 31.0 Å². The van der Waals surface area contributed by atoms with Gasteiger partial charge in [0.15, 0.2) is 11.5 Å². The Morgan fingerprint density at radius 1 is 1.42 bits per heavy atom. The Morgan fingerprint density at radius 3 is 3.04 bits per heavy atom. The first-order chi connectivity index (χ1) is 11.6. The Labute approximate surface area is 135 Å². The summed E-state index contributed by atoms with van der Waals surface area (Å²) in [6.45, 7) is 0.699. The predicted octanol–water partition coefficient (Wildman–Crippen LogP) is 1.86. The number of aromatic nitrogens is 3. The number of imidazole rings is 1. The maximum atomic E-state index is 12.0. The fraction of sp³-hybridized carbons (Fsp3) is 0.214. The van der Waals surface area contributed by atoms with E-state index in [1.807, 2.05) is 0 Å². The van der Waals surface area contributed by atoms with Gasteiger partial charge < -0.3 is 24.4 Å². The molecule has 3 aromatic heterocycles. The van der Waals surface area contributed by atoms with Crippen LogP contribution in [0.1, 0.15) is 16.9 Å². The molecule has 0 aliphatic heterocycles. The third-order valence-corrected chi connectivity index (χ3v) is 3.22. The molecule has 0 aliphatic rings. The quantitative estimate of drug-likeness (QED) is 0.397. The second-order valence-electron chi connectivity index (χ2n) is 4.84. The van der Waals surface area contributed by atoms with Gasteiger partial charge in [-0.1, -0.05) is 10.1 Å². The molecule has 0 aromatic carbocycles. The summed E-state index contributed by atoms with van der Waals surface area (Å²) in [5.74, 6) is 0.228. The number of rotatable bonds is 7. The average molecular weight is 331 g/mol. The Kier molecular flexibility index (Phi) is 4.36. The van der Waals surface area contributed by atoms with Gasteiger partial charge in [-0.15, -0.1) is 0 Å². The molecule has 124 valence electrons. The molecule has 10 heteroatoms. The summed E-state index contributed by atoms with van der Waals surface area (Å²) >= 11 is 0. The van der Waals surface area contributed by atoms with Crippen molar-refractivity contribution in [3.63, 3.8) is 0 Å². The van der Waals surface area contributed by atoms with E-state index in [2.05, 4.69) is 15.5 Å². The highest BCUT2D eigenvalue weighted by atomic mass is 16.6. The van der Waals surface area contributed by atoms with Crippen LogP contribution in [0, 0.1) is 10.1 Å². The summed E-state index contributed by atoms with van der Waals surface area (Å²) in [6.07, 6.45) is 4.88. The van der Waals surface area contributed by atoms with Crippen molar-refractivity contribution in [3.05, 3.63) is 52.7 Å².